The van der Waals surface area contributed by atoms with Gasteiger partial charge in [-0.2, -0.15) is 0 Å². The topological polar surface area (TPSA) is 55.6 Å². The van der Waals surface area contributed by atoms with Gasteiger partial charge in [0.05, 0.1) is 7.11 Å². The molecule has 4 heteroatoms. The summed E-state index contributed by atoms with van der Waals surface area (Å²) in [5.74, 6) is -0.392. The van der Waals surface area contributed by atoms with Crippen LogP contribution in [-0.4, -0.2) is 30.1 Å². The molecule has 0 aromatic heterocycles. The highest BCUT2D eigenvalue weighted by Gasteiger charge is 2.31. The maximum atomic E-state index is 12.4. The Labute approximate surface area is 172 Å². The molecule has 2 N–H and O–H groups in total. The van der Waals surface area contributed by atoms with Crippen LogP contribution in [0.1, 0.15) is 16.7 Å². The quantitative estimate of drug-likeness (QED) is 0.567. The molecule has 3 aromatic carbocycles. The number of rotatable bonds is 9. The molecule has 150 valence electrons. The molecule has 0 unspecified atom stereocenters. The van der Waals surface area contributed by atoms with Crippen molar-refractivity contribution < 1.29 is 9.53 Å². The van der Waals surface area contributed by atoms with Gasteiger partial charge in [0.15, 0.2) is 0 Å². The Morgan fingerprint density at radius 1 is 0.793 bits per heavy atom. The van der Waals surface area contributed by atoms with Crippen LogP contribution in [-0.2, 0) is 29.0 Å². The van der Waals surface area contributed by atoms with Crippen LogP contribution in [0, 0.1) is 0 Å². The minimum Gasteiger partial charge on any atom is -0.468 e. The van der Waals surface area contributed by atoms with Gasteiger partial charge in [0, 0.05) is 19.1 Å². The fourth-order valence-corrected chi connectivity index (χ4v) is 3.56. The van der Waals surface area contributed by atoms with Crippen molar-refractivity contribution in [2.75, 3.05) is 7.11 Å². The summed E-state index contributed by atoms with van der Waals surface area (Å²) in [6, 6.07) is 29.7. The Balaban J connectivity index is 1.93. The molecule has 3 aromatic rings. The SMILES string of the molecule is COC(=O)[C@@H](N)[C@H](Cc1ccccc1)N(Cc1ccccc1)Cc1ccccc1. The maximum absolute atomic E-state index is 12.4. The van der Waals surface area contributed by atoms with Crippen molar-refractivity contribution in [1.29, 1.82) is 0 Å². The van der Waals surface area contributed by atoms with Crippen molar-refractivity contribution in [1.82, 2.24) is 4.90 Å². The lowest BCUT2D eigenvalue weighted by Gasteiger charge is -2.35. The molecule has 4 nitrogen and oxygen atoms in total. The van der Waals surface area contributed by atoms with E-state index in [4.69, 9.17) is 10.5 Å². The predicted octanol–water partition coefficient (Wildman–Crippen LogP) is 3.80. The molecule has 0 spiro atoms. The lowest BCUT2D eigenvalue weighted by Crippen LogP contribution is -2.52. The van der Waals surface area contributed by atoms with Gasteiger partial charge < -0.3 is 10.5 Å². The minimum absolute atomic E-state index is 0.203. The van der Waals surface area contributed by atoms with Crippen molar-refractivity contribution in [3.63, 3.8) is 0 Å². The first-order valence-electron chi connectivity index (χ1n) is 9.86. The predicted molar refractivity (Wildman–Crippen MR) is 116 cm³/mol. The van der Waals surface area contributed by atoms with E-state index in [2.05, 4.69) is 41.3 Å². The van der Waals surface area contributed by atoms with Crippen molar-refractivity contribution >= 4 is 5.97 Å². The van der Waals surface area contributed by atoms with Gasteiger partial charge in [-0.15, -0.1) is 0 Å². The number of esters is 1. The summed E-state index contributed by atoms with van der Waals surface area (Å²) in [6.45, 7) is 1.38. The number of hydrogen-bond donors (Lipinski definition) is 1. The maximum Gasteiger partial charge on any atom is 0.324 e. The van der Waals surface area contributed by atoms with Crippen LogP contribution in [0.15, 0.2) is 91.0 Å². The molecule has 0 saturated heterocycles. The molecular weight excluding hydrogens is 360 g/mol. The van der Waals surface area contributed by atoms with Crippen LogP contribution in [0.2, 0.25) is 0 Å². The smallest absolute Gasteiger partial charge is 0.324 e. The fourth-order valence-electron chi connectivity index (χ4n) is 3.56. The van der Waals surface area contributed by atoms with E-state index in [1.807, 2.05) is 54.6 Å². The third-order valence-electron chi connectivity index (χ3n) is 5.10. The number of carbonyl (C=O) groups excluding carboxylic acids is 1. The van der Waals surface area contributed by atoms with Gasteiger partial charge in [0.2, 0.25) is 0 Å². The molecule has 0 aliphatic rings. The average molecular weight is 389 g/mol. The third kappa shape index (κ3) is 6.01. The zero-order valence-corrected chi connectivity index (χ0v) is 16.8. The molecule has 3 rings (SSSR count). The molecule has 2 atom stereocenters. The molecular formula is C25H28N2O2. The second-order valence-corrected chi connectivity index (χ2v) is 7.18. The van der Waals surface area contributed by atoms with Gasteiger partial charge in [-0.3, -0.25) is 9.69 Å². The molecule has 0 aliphatic heterocycles. The first-order chi connectivity index (χ1) is 14.2. The summed E-state index contributed by atoms with van der Waals surface area (Å²) in [5.41, 5.74) is 9.91. The van der Waals surface area contributed by atoms with Crippen LogP contribution < -0.4 is 5.73 Å². The summed E-state index contributed by atoms with van der Waals surface area (Å²) < 4.78 is 4.99. The molecule has 0 amide bonds. The van der Waals surface area contributed by atoms with Crippen LogP contribution in [0.4, 0.5) is 0 Å². The molecule has 0 radical (unpaired) electrons. The van der Waals surface area contributed by atoms with Crippen molar-refractivity contribution in [2.24, 2.45) is 5.73 Å². The lowest BCUT2D eigenvalue weighted by molar-refractivity contribution is -0.144. The number of hydrogen-bond acceptors (Lipinski definition) is 4. The summed E-state index contributed by atoms with van der Waals surface area (Å²) in [5, 5.41) is 0. The number of ether oxygens (including phenoxy) is 1. The van der Waals surface area contributed by atoms with E-state index in [0.717, 1.165) is 5.56 Å². The van der Waals surface area contributed by atoms with Gasteiger partial charge in [0.1, 0.15) is 6.04 Å². The van der Waals surface area contributed by atoms with Gasteiger partial charge in [0.25, 0.3) is 0 Å². The van der Waals surface area contributed by atoms with Gasteiger partial charge in [-0.25, -0.2) is 0 Å². The second-order valence-electron chi connectivity index (χ2n) is 7.18. The molecule has 29 heavy (non-hydrogen) atoms. The van der Waals surface area contributed by atoms with E-state index in [-0.39, 0.29) is 6.04 Å². The van der Waals surface area contributed by atoms with Gasteiger partial charge >= 0.3 is 5.97 Å². The van der Waals surface area contributed by atoms with Gasteiger partial charge in [-0.1, -0.05) is 91.0 Å². The second kappa shape index (κ2) is 10.6. The van der Waals surface area contributed by atoms with E-state index in [9.17, 15) is 4.79 Å². The third-order valence-corrected chi connectivity index (χ3v) is 5.10. The molecule has 0 heterocycles. The number of benzene rings is 3. The van der Waals surface area contributed by atoms with E-state index in [1.54, 1.807) is 0 Å². The highest BCUT2D eigenvalue weighted by atomic mass is 16.5. The van der Waals surface area contributed by atoms with Crippen molar-refractivity contribution in [2.45, 2.75) is 31.6 Å². The molecule has 0 saturated carbocycles. The Morgan fingerprint density at radius 2 is 1.21 bits per heavy atom. The van der Waals surface area contributed by atoms with Crippen LogP contribution in [0.25, 0.3) is 0 Å². The first kappa shape index (κ1) is 20.8. The van der Waals surface area contributed by atoms with E-state index < -0.39 is 12.0 Å². The Morgan fingerprint density at radius 3 is 1.62 bits per heavy atom. The molecule has 0 aliphatic carbocycles. The van der Waals surface area contributed by atoms with Crippen LogP contribution >= 0.6 is 0 Å². The van der Waals surface area contributed by atoms with Crippen LogP contribution in [0.3, 0.4) is 0 Å². The number of methoxy groups -OCH3 is 1. The highest BCUT2D eigenvalue weighted by molar-refractivity contribution is 5.76. The largest absolute Gasteiger partial charge is 0.468 e. The first-order valence-corrected chi connectivity index (χ1v) is 9.86. The fraction of sp³-hybridized carbons (Fsp3) is 0.240. The van der Waals surface area contributed by atoms with Crippen molar-refractivity contribution in [3.8, 4) is 0 Å². The Bertz CT molecular complexity index is 828. The number of nitrogens with two attached hydrogens (primary N) is 1. The summed E-state index contributed by atoms with van der Waals surface area (Å²) in [7, 11) is 1.39. The summed E-state index contributed by atoms with van der Waals surface area (Å²) in [6.07, 6.45) is 0.663. The summed E-state index contributed by atoms with van der Waals surface area (Å²) >= 11 is 0. The van der Waals surface area contributed by atoms with E-state index in [0.29, 0.717) is 19.5 Å². The Hall–Kier alpha value is -2.95. The zero-order chi connectivity index (χ0) is 20.5. The number of carbonyl (C=O) groups is 1. The summed E-state index contributed by atoms with van der Waals surface area (Å²) in [4.78, 5) is 14.7. The van der Waals surface area contributed by atoms with Crippen molar-refractivity contribution in [3.05, 3.63) is 108 Å². The van der Waals surface area contributed by atoms with Crippen LogP contribution in [0.5, 0.6) is 0 Å². The normalized spacial score (nSPS) is 13.1. The highest BCUT2D eigenvalue weighted by Crippen LogP contribution is 2.19. The zero-order valence-electron chi connectivity index (χ0n) is 16.8. The van der Waals surface area contributed by atoms with Gasteiger partial charge in [-0.05, 0) is 23.1 Å². The standard InChI is InChI=1S/C25H28N2O2/c1-29-25(28)24(26)23(17-20-11-5-2-6-12-20)27(18-21-13-7-3-8-14-21)19-22-15-9-4-10-16-22/h2-16,23-24H,17-19,26H2,1H3/t23-,24-/m0/s1. The molecule has 0 bridgehead atoms. The van der Waals surface area contributed by atoms with E-state index in [1.165, 1.54) is 18.2 Å². The number of nitrogens with zero attached hydrogens (tertiary/aromatic N) is 1. The minimum atomic E-state index is -0.743. The lowest BCUT2D eigenvalue weighted by atomic mass is 9.96. The average Bonchev–Trinajstić information content (AvgIpc) is 2.78. The molecule has 0 fully saturated rings. The van der Waals surface area contributed by atoms with E-state index >= 15 is 0 Å². The monoisotopic (exact) mass is 388 g/mol. The Kier molecular flexibility index (Phi) is 7.56.